The second-order valence-electron chi connectivity index (χ2n) is 14.3. The molecule has 5 rings (SSSR count). The number of rotatable bonds is 7. The summed E-state index contributed by atoms with van der Waals surface area (Å²) in [6.07, 6.45) is 18.4. The topological polar surface area (TPSA) is 38.7 Å². The molecule has 0 amide bonds. The van der Waals surface area contributed by atoms with Gasteiger partial charge in [-0.2, -0.15) is 0 Å². The maximum absolute atomic E-state index is 11.2. The van der Waals surface area contributed by atoms with E-state index in [2.05, 4.69) is 53.7 Å². The first-order chi connectivity index (χ1) is 17.1. The van der Waals surface area contributed by atoms with Crippen molar-refractivity contribution in [3.63, 3.8) is 0 Å². The molecule has 0 aromatic rings. The molecule has 3 saturated carbocycles. The van der Waals surface area contributed by atoms with Gasteiger partial charge in [0.05, 0.1) is 12.2 Å². The molecule has 0 spiro atoms. The normalized spacial score (nSPS) is 43.1. The molecule has 1 saturated heterocycles. The van der Waals surface area contributed by atoms with E-state index in [9.17, 15) is 5.11 Å². The molecule has 0 radical (unpaired) electrons. The predicted molar refractivity (Wildman–Crippen MR) is 147 cm³/mol. The first kappa shape index (κ1) is 26.9. The monoisotopic (exact) mass is 498 g/mol. The Kier molecular flexibility index (Phi) is 7.86. The fraction of sp³-hybridized carbons (Fsp3) is 0.879. The van der Waals surface area contributed by atoms with Gasteiger partial charge in [0.1, 0.15) is 0 Å². The van der Waals surface area contributed by atoms with Crippen molar-refractivity contribution in [3.05, 3.63) is 23.3 Å². The molecule has 10 atom stereocenters. The van der Waals surface area contributed by atoms with Crippen LogP contribution in [0, 0.1) is 46.3 Å². The van der Waals surface area contributed by atoms with Gasteiger partial charge in [0, 0.05) is 6.61 Å². The second-order valence-corrected chi connectivity index (χ2v) is 14.3. The minimum absolute atomic E-state index is 0.0232. The summed E-state index contributed by atoms with van der Waals surface area (Å²) in [7, 11) is 0. The number of hydrogen-bond donors (Lipinski definition) is 1. The number of fused-ring (bicyclic) bond motifs is 5. The van der Waals surface area contributed by atoms with Crippen LogP contribution < -0.4 is 0 Å². The highest BCUT2D eigenvalue weighted by atomic mass is 16.7. The van der Waals surface area contributed by atoms with E-state index in [1.807, 2.05) is 0 Å². The van der Waals surface area contributed by atoms with Gasteiger partial charge in [-0.05, 0) is 117 Å². The highest BCUT2D eigenvalue weighted by molar-refractivity contribution is 5.39. The van der Waals surface area contributed by atoms with Crippen LogP contribution in [0.3, 0.4) is 0 Å². The standard InChI is InChI=1S/C33H54O3/c1-21(2)22(3)19-30(34)23(4)27-12-13-28-26-11-10-24-20-25(36-31-9-7-8-18-35-31)14-16-32(24,5)29(26)15-17-33(27,28)6/h10-11,21-23,25,27-31,34H,7-9,12-20H2,1-6H3/t22-,23-,25-,27+,28-,29-,30+,31?,32-,33+/m0/s1. The summed E-state index contributed by atoms with van der Waals surface area (Å²) < 4.78 is 12.3. The molecule has 1 aliphatic heterocycles. The maximum Gasteiger partial charge on any atom is 0.157 e. The zero-order valence-electron chi connectivity index (χ0n) is 24.1. The van der Waals surface area contributed by atoms with Crippen molar-refractivity contribution in [3.8, 4) is 0 Å². The summed E-state index contributed by atoms with van der Waals surface area (Å²) in [5.41, 5.74) is 4.02. The number of ether oxygens (including phenoxy) is 2. The fourth-order valence-corrected chi connectivity index (χ4v) is 9.16. The third-order valence-corrected chi connectivity index (χ3v) is 12.1. The zero-order chi connectivity index (χ0) is 25.7. The van der Waals surface area contributed by atoms with Crippen LogP contribution in [0.2, 0.25) is 0 Å². The second kappa shape index (κ2) is 10.5. The van der Waals surface area contributed by atoms with Crippen LogP contribution in [0.25, 0.3) is 0 Å². The Labute approximate surface area is 221 Å². The minimum Gasteiger partial charge on any atom is -0.393 e. The summed E-state index contributed by atoms with van der Waals surface area (Å²) in [5.74, 6) is 3.63. The molecule has 36 heavy (non-hydrogen) atoms. The van der Waals surface area contributed by atoms with Crippen LogP contribution in [0.15, 0.2) is 23.3 Å². The lowest BCUT2D eigenvalue weighted by Gasteiger charge is -2.55. The van der Waals surface area contributed by atoms with Crippen LogP contribution in [-0.4, -0.2) is 30.2 Å². The highest BCUT2D eigenvalue weighted by Crippen LogP contribution is 2.66. The van der Waals surface area contributed by atoms with E-state index < -0.39 is 0 Å². The lowest BCUT2D eigenvalue weighted by molar-refractivity contribution is -0.193. The third-order valence-electron chi connectivity index (χ3n) is 12.1. The Morgan fingerprint density at radius 1 is 0.972 bits per heavy atom. The molecule has 204 valence electrons. The van der Waals surface area contributed by atoms with Crippen molar-refractivity contribution in [2.45, 2.75) is 131 Å². The predicted octanol–water partition coefficient (Wildman–Crippen LogP) is 8.08. The molecule has 3 heteroatoms. The number of aliphatic hydroxyl groups excluding tert-OH is 1. The Balaban J connectivity index is 1.29. The van der Waals surface area contributed by atoms with Crippen molar-refractivity contribution in [2.24, 2.45) is 46.3 Å². The maximum atomic E-state index is 11.2. The lowest BCUT2D eigenvalue weighted by Crippen LogP contribution is -2.47. The molecular weight excluding hydrogens is 444 g/mol. The number of hydrogen-bond acceptors (Lipinski definition) is 3. The number of aliphatic hydroxyl groups is 1. The molecule has 0 aromatic carbocycles. The molecule has 5 aliphatic rings. The van der Waals surface area contributed by atoms with Crippen LogP contribution in [0.1, 0.15) is 112 Å². The number of allylic oxidation sites excluding steroid dienone is 3. The van der Waals surface area contributed by atoms with Gasteiger partial charge in [0.2, 0.25) is 0 Å². The van der Waals surface area contributed by atoms with Crippen molar-refractivity contribution < 1.29 is 14.6 Å². The molecule has 3 nitrogen and oxygen atoms in total. The van der Waals surface area contributed by atoms with E-state index in [-0.39, 0.29) is 12.4 Å². The molecule has 4 fully saturated rings. The first-order valence-electron chi connectivity index (χ1n) is 15.5. The van der Waals surface area contributed by atoms with Gasteiger partial charge >= 0.3 is 0 Å². The van der Waals surface area contributed by atoms with Crippen LogP contribution >= 0.6 is 0 Å². The van der Waals surface area contributed by atoms with E-state index in [0.717, 1.165) is 25.9 Å². The Hall–Kier alpha value is -0.640. The minimum atomic E-state index is -0.173. The fourth-order valence-electron chi connectivity index (χ4n) is 9.16. The SMILES string of the molecule is CC(C)[C@@H](C)C[C@@H](O)[C@@H](C)[C@H]1CC[C@H]2C3=CC=C4C[C@@H](OC5CCCCO5)CC[C@]4(C)[C@H]3CC[C@]12C. The summed E-state index contributed by atoms with van der Waals surface area (Å²) in [6.45, 7) is 15.3. The van der Waals surface area contributed by atoms with Crippen LogP contribution in [0.5, 0.6) is 0 Å². The molecule has 0 aromatic heterocycles. The summed E-state index contributed by atoms with van der Waals surface area (Å²) in [4.78, 5) is 0. The van der Waals surface area contributed by atoms with E-state index >= 15 is 0 Å². The molecule has 0 bridgehead atoms. The molecule has 1 unspecified atom stereocenters. The van der Waals surface area contributed by atoms with Crippen LogP contribution in [-0.2, 0) is 9.47 Å². The Bertz CT molecular complexity index is 838. The van der Waals surface area contributed by atoms with Gasteiger partial charge in [-0.3, -0.25) is 0 Å². The van der Waals surface area contributed by atoms with E-state index in [4.69, 9.17) is 9.47 Å². The summed E-state index contributed by atoms with van der Waals surface area (Å²) >= 11 is 0. The average Bonchev–Trinajstić information content (AvgIpc) is 3.21. The first-order valence-corrected chi connectivity index (χ1v) is 15.5. The summed E-state index contributed by atoms with van der Waals surface area (Å²) in [6, 6.07) is 0. The van der Waals surface area contributed by atoms with Gasteiger partial charge in [-0.1, -0.05) is 64.8 Å². The van der Waals surface area contributed by atoms with Gasteiger partial charge in [0.15, 0.2) is 6.29 Å². The van der Waals surface area contributed by atoms with E-state index in [1.54, 1.807) is 11.1 Å². The van der Waals surface area contributed by atoms with E-state index in [0.29, 0.717) is 52.4 Å². The van der Waals surface area contributed by atoms with Gasteiger partial charge in [0.25, 0.3) is 0 Å². The molecule has 1 heterocycles. The third kappa shape index (κ3) is 4.79. The van der Waals surface area contributed by atoms with Crippen molar-refractivity contribution in [2.75, 3.05) is 6.61 Å². The smallest absolute Gasteiger partial charge is 0.157 e. The van der Waals surface area contributed by atoms with Crippen LogP contribution in [0.4, 0.5) is 0 Å². The quantitative estimate of drug-likeness (QED) is 0.385. The lowest BCUT2D eigenvalue weighted by atomic mass is 9.50. The van der Waals surface area contributed by atoms with Crippen molar-refractivity contribution >= 4 is 0 Å². The van der Waals surface area contributed by atoms with Gasteiger partial charge < -0.3 is 14.6 Å². The largest absolute Gasteiger partial charge is 0.393 e. The van der Waals surface area contributed by atoms with Crippen molar-refractivity contribution in [1.82, 2.24) is 0 Å². The van der Waals surface area contributed by atoms with Crippen molar-refractivity contribution in [1.29, 1.82) is 0 Å². The summed E-state index contributed by atoms with van der Waals surface area (Å²) in [5, 5.41) is 11.2. The molecule has 4 aliphatic carbocycles. The highest BCUT2D eigenvalue weighted by Gasteiger charge is 2.57. The zero-order valence-corrected chi connectivity index (χ0v) is 24.1. The Morgan fingerprint density at radius 3 is 2.50 bits per heavy atom. The average molecular weight is 499 g/mol. The van der Waals surface area contributed by atoms with Gasteiger partial charge in [-0.15, -0.1) is 0 Å². The molecule has 1 N–H and O–H groups in total. The van der Waals surface area contributed by atoms with E-state index in [1.165, 1.54) is 51.4 Å². The molecular formula is C33H54O3. The van der Waals surface area contributed by atoms with Gasteiger partial charge in [-0.25, -0.2) is 0 Å². The Morgan fingerprint density at radius 2 is 1.78 bits per heavy atom.